The summed E-state index contributed by atoms with van der Waals surface area (Å²) >= 11 is 0. The molecule has 0 N–H and O–H groups in total. The molecular weight excluding hydrogens is 184 g/mol. The molecular formula is C14H16O. The fourth-order valence-corrected chi connectivity index (χ4v) is 3.19. The highest BCUT2D eigenvalue weighted by atomic mass is 16.1. The van der Waals surface area contributed by atoms with Gasteiger partial charge in [0.05, 0.1) is 0 Å². The first kappa shape index (κ1) is 9.14. The van der Waals surface area contributed by atoms with E-state index in [1.165, 1.54) is 24.0 Å². The standard InChI is InChI=1S/C14H16O/c15-13-5-7-14(8-6-13)9-11-3-1-2-4-12(11)10-14/h1-4H,5-10H2. The largest absolute Gasteiger partial charge is 0.300 e. The molecule has 1 nitrogen and oxygen atoms in total. The summed E-state index contributed by atoms with van der Waals surface area (Å²) in [5.41, 5.74) is 3.48. The lowest BCUT2D eigenvalue weighted by molar-refractivity contribution is -0.122. The summed E-state index contributed by atoms with van der Waals surface area (Å²) in [5, 5.41) is 0. The van der Waals surface area contributed by atoms with Gasteiger partial charge in [-0.15, -0.1) is 0 Å². The Morgan fingerprint density at radius 2 is 1.47 bits per heavy atom. The predicted octanol–water partition coefficient (Wildman–Crippen LogP) is 2.91. The van der Waals surface area contributed by atoms with Gasteiger partial charge in [-0.3, -0.25) is 4.79 Å². The number of hydrogen-bond donors (Lipinski definition) is 0. The van der Waals surface area contributed by atoms with Crippen LogP contribution in [-0.4, -0.2) is 5.78 Å². The molecule has 1 aromatic carbocycles. The van der Waals surface area contributed by atoms with E-state index in [4.69, 9.17) is 0 Å². The highest BCUT2D eigenvalue weighted by Gasteiger charge is 2.39. The van der Waals surface area contributed by atoms with Crippen molar-refractivity contribution >= 4 is 5.78 Å². The zero-order valence-electron chi connectivity index (χ0n) is 8.96. The topological polar surface area (TPSA) is 17.1 Å². The fraction of sp³-hybridized carbons (Fsp3) is 0.500. The van der Waals surface area contributed by atoms with Crippen LogP contribution in [-0.2, 0) is 17.6 Å². The Balaban J connectivity index is 1.86. The second kappa shape index (κ2) is 3.19. The minimum Gasteiger partial charge on any atom is -0.300 e. The van der Waals surface area contributed by atoms with Gasteiger partial charge in [0, 0.05) is 12.8 Å². The molecule has 3 rings (SSSR count). The Hall–Kier alpha value is -1.11. The molecule has 0 radical (unpaired) electrons. The summed E-state index contributed by atoms with van der Waals surface area (Å²) < 4.78 is 0. The smallest absolute Gasteiger partial charge is 0.132 e. The van der Waals surface area contributed by atoms with E-state index in [1.807, 2.05) is 0 Å². The molecule has 0 aromatic heterocycles. The van der Waals surface area contributed by atoms with E-state index >= 15 is 0 Å². The third-order valence-corrected chi connectivity index (χ3v) is 4.12. The summed E-state index contributed by atoms with van der Waals surface area (Å²) in [6.45, 7) is 0. The molecule has 0 aliphatic heterocycles. The van der Waals surface area contributed by atoms with Crippen molar-refractivity contribution in [3.63, 3.8) is 0 Å². The van der Waals surface area contributed by atoms with Gasteiger partial charge in [0.15, 0.2) is 0 Å². The molecule has 1 aromatic rings. The van der Waals surface area contributed by atoms with E-state index in [9.17, 15) is 4.79 Å². The van der Waals surface area contributed by atoms with Crippen LogP contribution in [0.4, 0.5) is 0 Å². The van der Waals surface area contributed by atoms with Crippen molar-refractivity contribution in [2.24, 2.45) is 5.41 Å². The molecule has 78 valence electrons. The van der Waals surface area contributed by atoms with E-state index in [2.05, 4.69) is 24.3 Å². The van der Waals surface area contributed by atoms with Crippen molar-refractivity contribution < 1.29 is 4.79 Å². The van der Waals surface area contributed by atoms with Crippen molar-refractivity contribution in [2.45, 2.75) is 38.5 Å². The lowest BCUT2D eigenvalue weighted by Gasteiger charge is -2.32. The molecule has 0 bridgehead atoms. The van der Waals surface area contributed by atoms with E-state index in [-0.39, 0.29) is 0 Å². The van der Waals surface area contributed by atoms with Crippen molar-refractivity contribution in [3.05, 3.63) is 35.4 Å². The molecule has 0 atom stereocenters. The molecule has 0 unspecified atom stereocenters. The Kier molecular flexibility index (Phi) is 1.95. The van der Waals surface area contributed by atoms with Gasteiger partial charge in [-0.2, -0.15) is 0 Å². The number of carbonyl (C=O) groups is 1. The Morgan fingerprint density at radius 3 is 2.00 bits per heavy atom. The SMILES string of the molecule is O=C1CCC2(CC1)Cc1ccccc1C2. The lowest BCUT2D eigenvalue weighted by atomic mass is 9.72. The number of hydrogen-bond acceptors (Lipinski definition) is 1. The van der Waals surface area contributed by atoms with Gasteiger partial charge >= 0.3 is 0 Å². The van der Waals surface area contributed by atoms with Crippen molar-refractivity contribution in [2.75, 3.05) is 0 Å². The van der Waals surface area contributed by atoms with Crippen molar-refractivity contribution in [3.8, 4) is 0 Å². The van der Waals surface area contributed by atoms with Crippen LogP contribution in [0, 0.1) is 5.41 Å². The molecule has 2 aliphatic rings. The fourth-order valence-electron chi connectivity index (χ4n) is 3.19. The van der Waals surface area contributed by atoms with Crippen LogP contribution in [0.5, 0.6) is 0 Å². The van der Waals surface area contributed by atoms with Gasteiger partial charge in [-0.25, -0.2) is 0 Å². The Morgan fingerprint density at radius 1 is 0.933 bits per heavy atom. The highest BCUT2D eigenvalue weighted by molar-refractivity contribution is 5.79. The minimum absolute atomic E-state index is 0.442. The zero-order chi connectivity index (χ0) is 10.3. The first-order valence-electron chi connectivity index (χ1n) is 5.86. The maximum Gasteiger partial charge on any atom is 0.132 e. The monoisotopic (exact) mass is 200 g/mol. The molecule has 0 saturated heterocycles. The van der Waals surface area contributed by atoms with E-state index in [1.54, 1.807) is 0 Å². The molecule has 1 heteroatoms. The molecule has 15 heavy (non-hydrogen) atoms. The third-order valence-electron chi connectivity index (χ3n) is 4.12. The van der Waals surface area contributed by atoms with Crippen LogP contribution in [0.2, 0.25) is 0 Å². The quantitative estimate of drug-likeness (QED) is 0.629. The number of fused-ring (bicyclic) bond motifs is 1. The van der Waals surface area contributed by atoms with Gasteiger partial charge < -0.3 is 0 Å². The zero-order valence-corrected chi connectivity index (χ0v) is 8.96. The van der Waals surface area contributed by atoms with E-state index in [0.29, 0.717) is 11.2 Å². The van der Waals surface area contributed by atoms with Crippen LogP contribution in [0.15, 0.2) is 24.3 Å². The average molecular weight is 200 g/mol. The number of Topliss-reactive ketones (excluding diaryl/α,β-unsaturated/α-hetero) is 1. The van der Waals surface area contributed by atoms with Gasteiger partial charge in [-0.05, 0) is 42.2 Å². The summed E-state index contributed by atoms with van der Waals surface area (Å²) in [6.07, 6.45) is 6.26. The molecule has 1 fully saturated rings. The first-order valence-corrected chi connectivity index (χ1v) is 5.86. The summed E-state index contributed by atoms with van der Waals surface area (Å²) in [6, 6.07) is 8.76. The van der Waals surface area contributed by atoms with E-state index in [0.717, 1.165) is 25.7 Å². The number of ketones is 1. The second-order valence-electron chi connectivity index (χ2n) is 5.16. The Labute approximate surface area is 90.5 Å². The number of carbonyl (C=O) groups excluding carboxylic acids is 1. The maximum absolute atomic E-state index is 11.3. The lowest BCUT2D eigenvalue weighted by Crippen LogP contribution is -2.28. The van der Waals surface area contributed by atoms with Crippen LogP contribution >= 0.6 is 0 Å². The van der Waals surface area contributed by atoms with Crippen LogP contribution in [0.25, 0.3) is 0 Å². The molecule has 1 saturated carbocycles. The van der Waals surface area contributed by atoms with Crippen LogP contribution in [0.3, 0.4) is 0 Å². The van der Waals surface area contributed by atoms with Crippen LogP contribution < -0.4 is 0 Å². The second-order valence-corrected chi connectivity index (χ2v) is 5.16. The Bertz CT molecular complexity index is 369. The first-order chi connectivity index (χ1) is 7.27. The van der Waals surface area contributed by atoms with Crippen molar-refractivity contribution in [1.29, 1.82) is 0 Å². The maximum atomic E-state index is 11.3. The minimum atomic E-state index is 0.442. The summed E-state index contributed by atoms with van der Waals surface area (Å²) in [5.74, 6) is 0.469. The molecule has 2 aliphatic carbocycles. The molecule has 0 amide bonds. The summed E-state index contributed by atoms with van der Waals surface area (Å²) in [4.78, 5) is 11.3. The van der Waals surface area contributed by atoms with Crippen LogP contribution in [0.1, 0.15) is 36.8 Å². The highest BCUT2D eigenvalue weighted by Crippen LogP contribution is 2.46. The van der Waals surface area contributed by atoms with E-state index < -0.39 is 0 Å². The molecule has 0 heterocycles. The van der Waals surface area contributed by atoms with Crippen molar-refractivity contribution in [1.82, 2.24) is 0 Å². The van der Waals surface area contributed by atoms with Gasteiger partial charge in [0.2, 0.25) is 0 Å². The number of rotatable bonds is 0. The van der Waals surface area contributed by atoms with Gasteiger partial charge in [0.25, 0.3) is 0 Å². The third kappa shape index (κ3) is 1.50. The normalized spacial score (nSPS) is 23.1. The predicted molar refractivity (Wildman–Crippen MR) is 59.8 cm³/mol. The molecule has 1 spiro atoms. The average Bonchev–Trinajstić information content (AvgIpc) is 2.61. The van der Waals surface area contributed by atoms with Gasteiger partial charge in [0.1, 0.15) is 5.78 Å². The number of benzene rings is 1. The van der Waals surface area contributed by atoms with Gasteiger partial charge in [-0.1, -0.05) is 24.3 Å². The summed E-state index contributed by atoms with van der Waals surface area (Å²) in [7, 11) is 0.